The second kappa shape index (κ2) is 7.73. The van der Waals surface area contributed by atoms with Crippen LogP contribution in [0.5, 0.6) is 0 Å². The van der Waals surface area contributed by atoms with E-state index in [0.29, 0.717) is 17.9 Å². The molecule has 7 heteroatoms. The van der Waals surface area contributed by atoms with Crippen LogP contribution in [0.25, 0.3) is 0 Å². The maximum absolute atomic E-state index is 12.3. The first-order valence-corrected chi connectivity index (χ1v) is 10.1. The number of nitrogens with one attached hydrogen (secondary N) is 1. The highest BCUT2D eigenvalue weighted by atomic mass is 16.2. The molecule has 0 spiro atoms. The predicted octanol–water partition coefficient (Wildman–Crippen LogP) is 1.61. The molecule has 1 aliphatic rings. The zero-order valence-corrected chi connectivity index (χ0v) is 17.2. The first-order valence-electron chi connectivity index (χ1n) is 10.1. The standard InChI is InChI=1S/C22H27N5O2/c1-15-18(16(2)25(3)24-15)9-10-23-19-20(22(29)21(19)28)27-13-11-26(12-14-27)17-7-5-4-6-8-17/h4-8,23H,9-14H2,1-3H3. The van der Waals surface area contributed by atoms with Crippen LogP contribution in [0.4, 0.5) is 17.1 Å². The number of piperazine rings is 1. The summed E-state index contributed by atoms with van der Waals surface area (Å²) in [5.41, 5.74) is 4.79. The largest absolute Gasteiger partial charge is 0.380 e. The van der Waals surface area contributed by atoms with Crippen LogP contribution in [0.1, 0.15) is 17.0 Å². The summed E-state index contributed by atoms with van der Waals surface area (Å²) >= 11 is 0. The Morgan fingerprint density at radius 2 is 1.62 bits per heavy atom. The summed E-state index contributed by atoms with van der Waals surface area (Å²) < 4.78 is 1.87. The number of rotatable bonds is 6. The number of nitrogens with zero attached hydrogens (tertiary/aromatic N) is 4. The van der Waals surface area contributed by atoms with Crippen LogP contribution in [0, 0.1) is 13.8 Å². The molecule has 152 valence electrons. The Balaban J connectivity index is 1.40. The topological polar surface area (TPSA) is 70.5 Å². The van der Waals surface area contributed by atoms with Gasteiger partial charge in [-0.2, -0.15) is 5.10 Å². The van der Waals surface area contributed by atoms with Gasteiger partial charge in [0.05, 0.1) is 5.69 Å². The Labute approximate surface area is 170 Å². The van der Waals surface area contributed by atoms with Crippen molar-refractivity contribution in [3.8, 4) is 0 Å². The fraction of sp³-hybridized carbons (Fsp3) is 0.409. The SMILES string of the molecule is Cc1nn(C)c(C)c1CCNc1c(N2CCN(c3ccccc3)CC2)c(=O)c1=O. The van der Waals surface area contributed by atoms with Gasteiger partial charge in [-0.3, -0.25) is 14.3 Å². The average molecular weight is 393 g/mol. The molecule has 0 amide bonds. The molecule has 0 unspecified atom stereocenters. The fourth-order valence-corrected chi connectivity index (χ4v) is 4.16. The van der Waals surface area contributed by atoms with E-state index in [0.717, 1.165) is 44.0 Å². The van der Waals surface area contributed by atoms with E-state index >= 15 is 0 Å². The maximum Gasteiger partial charge on any atom is 0.253 e. The summed E-state index contributed by atoms with van der Waals surface area (Å²) in [7, 11) is 1.93. The highest BCUT2D eigenvalue weighted by Crippen LogP contribution is 2.24. The van der Waals surface area contributed by atoms with Crippen molar-refractivity contribution in [2.75, 3.05) is 47.8 Å². The summed E-state index contributed by atoms with van der Waals surface area (Å²) in [5.74, 6) is 0. The number of para-hydroxylation sites is 1. The second-order valence-corrected chi connectivity index (χ2v) is 7.64. The van der Waals surface area contributed by atoms with Crippen molar-refractivity contribution >= 4 is 17.1 Å². The van der Waals surface area contributed by atoms with Crippen LogP contribution in [-0.4, -0.2) is 42.5 Å². The molecular weight excluding hydrogens is 366 g/mol. The smallest absolute Gasteiger partial charge is 0.253 e. The zero-order chi connectivity index (χ0) is 20.5. The molecule has 29 heavy (non-hydrogen) atoms. The molecule has 2 aromatic carbocycles. The molecule has 4 rings (SSSR count). The Morgan fingerprint density at radius 3 is 2.24 bits per heavy atom. The van der Waals surface area contributed by atoms with Gasteiger partial charge in [0.1, 0.15) is 11.4 Å². The van der Waals surface area contributed by atoms with E-state index in [1.165, 1.54) is 11.3 Å². The van der Waals surface area contributed by atoms with Crippen molar-refractivity contribution in [1.29, 1.82) is 0 Å². The third-order valence-corrected chi connectivity index (χ3v) is 5.94. The van der Waals surface area contributed by atoms with Crippen molar-refractivity contribution in [2.24, 2.45) is 7.05 Å². The lowest BCUT2D eigenvalue weighted by molar-refractivity contribution is 0.650. The number of hydrogen-bond donors (Lipinski definition) is 1. The molecule has 1 fully saturated rings. The minimum atomic E-state index is -0.398. The maximum atomic E-state index is 12.3. The van der Waals surface area contributed by atoms with E-state index in [1.807, 2.05) is 48.7 Å². The third-order valence-electron chi connectivity index (χ3n) is 5.94. The van der Waals surface area contributed by atoms with Crippen LogP contribution >= 0.6 is 0 Å². The highest BCUT2D eigenvalue weighted by molar-refractivity contribution is 5.75. The number of aryl methyl sites for hydroxylation is 2. The summed E-state index contributed by atoms with van der Waals surface area (Å²) in [6.45, 7) is 7.77. The monoisotopic (exact) mass is 393 g/mol. The highest BCUT2D eigenvalue weighted by Gasteiger charge is 2.28. The molecule has 0 aliphatic carbocycles. The first-order chi connectivity index (χ1) is 14.0. The quantitative estimate of drug-likeness (QED) is 0.642. The molecule has 0 bridgehead atoms. The van der Waals surface area contributed by atoms with Gasteiger partial charge in [0.15, 0.2) is 0 Å². The van der Waals surface area contributed by atoms with E-state index in [9.17, 15) is 9.59 Å². The number of benzene rings is 1. The second-order valence-electron chi connectivity index (χ2n) is 7.64. The Morgan fingerprint density at radius 1 is 0.966 bits per heavy atom. The third kappa shape index (κ3) is 3.52. The Kier molecular flexibility index (Phi) is 5.13. The van der Waals surface area contributed by atoms with E-state index in [1.54, 1.807) is 0 Å². The van der Waals surface area contributed by atoms with E-state index in [4.69, 9.17) is 0 Å². The van der Waals surface area contributed by atoms with Gasteiger partial charge < -0.3 is 15.1 Å². The molecule has 0 atom stereocenters. The minimum Gasteiger partial charge on any atom is -0.380 e. The number of anilines is 3. The van der Waals surface area contributed by atoms with E-state index in [2.05, 4.69) is 27.4 Å². The Bertz CT molecular complexity index is 1070. The molecule has 1 N–H and O–H groups in total. The lowest BCUT2D eigenvalue weighted by atomic mass is 10.1. The summed E-state index contributed by atoms with van der Waals surface area (Å²) in [4.78, 5) is 28.8. The lowest BCUT2D eigenvalue weighted by Gasteiger charge is -2.38. The van der Waals surface area contributed by atoms with Gasteiger partial charge in [-0.25, -0.2) is 0 Å². The molecule has 3 aromatic rings. The van der Waals surface area contributed by atoms with Crippen LogP contribution in [0.3, 0.4) is 0 Å². The zero-order valence-electron chi connectivity index (χ0n) is 17.2. The van der Waals surface area contributed by atoms with Crippen molar-refractivity contribution in [1.82, 2.24) is 9.78 Å². The van der Waals surface area contributed by atoms with E-state index in [-0.39, 0.29) is 5.43 Å². The summed E-state index contributed by atoms with van der Waals surface area (Å²) in [6.07, 6.45) is 0.769. The molecular formula is C22H27N5O2. The molecule has 7 nitrogen and oxygen atoms in total. The van der Waals surface area contributed by atoms with Crippen molar-refractivity contribution in [3.05, 3.63) is 67.7 Å². The first kappa shape index (κ1) is 19.2. The summed E-state index contributed by atoms with van der Waals surface area (Å²) in [5, 5.41) is 7.65. The van der Waals surface area contributed by atoms with E-state index < -0.39 is 5.43 Å². The van der Waals surface area contributed by atoms with Gasteiger partial charge in [0.25, 0.3) is 10.9 Å². The lowest BCUT2D eigenvalue weighted by Crippen LogP contribution is -2.51. The van der Waals surface area contributed by atoms with Crippen molar-refractivity contribution in [2.45, 2.75) is 20.3 Å². The van der Waals surface area contributed by atoms with Gasteiger partial charge in [0.2, 0.25) is 0 Å². The summed E-state index contributed by atoms with van der Waals surface area (Å²) in [6, 6.07) is 10.3. The van der Waals surface area contributed by atoms with Gasteiger partial charge in [-0.15, -0.1) is 0 Å². The van der Waals surface area contributed by atoms with Crippen LogP contribution in [0.2, 0.25) is 0 Å². The molecule has 1 aromatic heterocycles. The van der Waals surface area contributed by atoms with Crippen molar-refractivity contribution in [3.63, 3.8) is 0 Å². The van der Waals surface area contributed by atoms with Crippen LogP contribution in [0.15, 0.2) is 39.9 Å². The minimum absolute atomic E-state index is 0.366. The number of aromatic nitrogens is 2. The van der Waals surface area contributed by atoms with Crippen LogP contribution in [-0.2, 0) is 13.5 Å². The normalized spacial score (nSPS) is 14.6. The number of hydrogen-bond acceptors (Lipinski definition) is 6. The molecule has 1 saturated heterocycles. The molecule has 0 radical (unpaired) electrons. The van der Waals surface area contributed by atoms with Gasteiger partial charge in [-0.1, -0.05) is 18.2 Å². The predicted molar refractivity (Wildman–Crippen MR) is 117 cm³/mol. The van der Waals surface area contributed by atoms with Crippen molar-refractivity contribution < 1.29 is 0 Å². The molecule has 2 heterocycles. The molecule has 1 aliphatic heterocycles. The molecule has 0 saturated carbocycles. The van der Waals surface area contributed by atoms with Gasteiger partial charge >= 0.3 is 0 Å². The van der Waals surface area contributed by atoms with Gasteiger partial charge in [0, 0.05) is 51.2 Å². The van der Waals surface area contributed by atoms with Crippen LogP contribution < -0.4 is 26.0 Å². The van der Waals surface area contributed by atoms with Gasteiger partial charge in [-0.05, 0) is 38.0 Å². The Hall–Kier alpha value is -3.09. The fourth-order valence-electron chi connectivity index (χ4n) is 4.16. The average Bonchev–Trinajstić information content (AvgIpc) is 2.99.